The highest BCUT2D eigenvalue weighted by Crippen LogP contribution is 2.27. The van der Waals surface area contributed by atoms with E-state index < -0.39 is 0 Å². The first-order valence-corrected chi connectivity index (χ1v) is 8.59. The first kappa shape index (κ1) is 17.0. The summed E-state index contributed by atoms with van der Waals surface area (Å²) in [5, 5.41) is 18.2. The summed E-state index contributed by atoms with van der Waals surface area (Å²) in [4.78, 5) is 16.9. The largest absolute Gasteiger partial charge is 0.480 e. The molecule has 2 saturated heterocycles. The molecule has 7 heteroatoms. The second-order valence-corrected chi connectivity index (χ2v) is 7.05. The summed E-state index contributed by atoms with van der Waals surface area (Å²) in [6.07, 6.45) is 0.512. The molecular formula is C17H26N4O3. The number of hydrogen-bond acceptors (Lipinski definition) is 6. The van der Waals surface area contributed by atoms with Gasteiger partial charge < -0.3 is 19.6 Å². The van der Waals surface area contributed by atoms with Crippen LogP contribution in [0.2, 0.25) is 0 Å². The van der Waals surface area contributed by atoms with E-state index >= 15 is 0 Å². The van der Waals surface area contributed by atoms with Gasteiger partial charge in [0.25, 0.3) is 0 Å². The molecule has 1 aromatic heterocycles. The van der Waals surface area contributed by atoms with Crippen molar-refractivity contribution in [1.82, 2.24) is 15.1 Å². The van der Waals surface area contributed by atoms with Gasteiger partial charge >= 0.3 is 0 Å². The van der Waals surface area contributed by atoms with E-state index in [0.717, 1.165) is 18.8 Å². The number of aromatic nitrogens is 2. The Morgan fingerprint density at radius 3 is 2.50 bits per heavy atom. The third kappa shape index (κ3) is 3.31. The van der Waals surface area contributed by atoms with Crippen LogP contribution in [0.5, 0.6) is 5.88 Å². The van der Waals surface area contributed by atoms with Gasteiger partial charge in [-0.15, -0.1) is 10.2 Å². The van der Waals surface area contributed by atoms with Crippen molar-refractivity contribution in [2.75, 3.05) is 38.2 Å². The Labute approximate surface area is 142 Å². The van der Waals surface area contributed by atoms with Crippen LogP contribution in [0.3, 0.4) is 0 Å². The lowest BCUT2D eigenvalue weighted by Crippen LogP contribution is -2.51. The van der Waals surface area contributed by atoms with Crippen molar-refractivity contribution >= 4 is 11.7 Å². The predicted octanol–water partition coefficient (Wildman–Crippen LogP) is 0.787. The van der Waals surface area contributed by atoms with Crippen molar-refractivity contribution < 1.29 is 14.6 Å². The molecule has 3 rings (SSSR count). The van der Waals surface area contributed by atoms with E-state index in [1.54, 1.807) is 13.2 Å². The number of nitrogens with zero attached hydrogens (tertiary/aromatic N) is 4. The number of carbonyl (C=O) groups is 1. The molecule has 0 spiro atoms. The van der Waals surface area contributed by atoms with Crippen LogP contribution < -0.4 is 9.64 Å². The molecule has 1 amide bonds. The standard InChI is InChI=1S/C17H26N4O3/c1-11-8-21(9-12(2)16(11)22)17(23)13-6-7-20(10-13)14-4-5-15(24-3)19-18-14/h4-5,11-13,16,22H,6-10H2,1-3H3. The second kappa shape index (κ2) is 6.93. The molecule has 2 aliphatic rings. The fourth-order valence-corrected chi connectivity index (χ4v) is 3.75. The minimum atomic E-state index is -0.316. The SMILES string of the molecule is COc1ccc(N2CCC(C(=O)N3CC(C)C(O)C(C)C3)C2)nn1. The van der Waals surface area contributed by atoms with Gasteiger partial charge in [-0.3, -0.25) is 4.79 Å². The van der Waals surface area contributed by atoms with Gasteiger partial charge in [0, 0.05) is 32.2 Å². The van der Waals surface area contributed by atoms with Crippen LogP contribution in [-0.4, -0.2) is 65.5 Å². The number of ether oxygens (including phenoxy) is 1. The Morgan fingerprint density at radius 1 is 1.21 bits per heavy atom. The molecule has 7 nitrogen and oxygen atoms in total. The molecular weight excluding hydrogens is 308 g/mol. The molecule has 3 atom stereocenters. The highest BCUT2D eigenvalue weighted by molar-refractivity contribution is 5.80. The van der Waals surface area contributed by atoms with Crippen molar-refractivity contribution in [3.05, 3.63) is 12.1 Å². The Kier molecular flexibility index (Phi) is 4.89. The summed E-state index contributed by atoms with van der Waals surface area (Å²) in [6.45, 7) is 6.77. The molecule has 0 aliphatic carbocycles. The summed E-state index contributed by atoms with van der Waals surface area (Å²) < 4.78 is 5.03. The second-order valence-electron chi connectivity index (χ2n) is 7.05. The van der Waals surface area contributed by atoms with Crippen molar-refractivity contribution in [2.45, 2.75) is 26.4 Å². The number of likely N-dealkylation sites (tertiary alicyclic amines) is 1. The van der Waals surface area contributed by atoms with Crippen LogP contribution in [0, 0.1) is 17.8 Å². The van der Waals surface area contributed by atoms with E-state index in [-0.39, 0.29) is 29.8 Å². The molecule has 0 saturated carbocycles. The van der Waals surface area contributed by atoms with E-state index in [1.165, 1.54) is 0 Å². The molecule has 3 unspecified atom stereocenters. The zero-order valence-corrected chi connectivity index (χ0v) is 14.6. The number of hydrogen-bond donors (Lipinski definition) is 1. The average Bonchev–Trinajstić information content (AvgIpc) is 3.08. The molecule has 1 N–H and O–H groups in total. The van der Waals surface area contributed by atoms with Gasteiger partial charge in [0.1, 0.15) is 0 Å². The molecule has 132 valence electrons. The van der Waals surface area contributed by atoms with E-state index in [2.05, 4.69) is 15.1 Å². The zero-order valence-electron chi connectivity index (χ0n) is 14.6. The number of amides is 1. The van der Waals surface area contributed by atoms with Crippen molar-refractivity contribution in [2.24, 2.45) is 17.8 Å². The van der Waals surface area contributed by atoms with Crippen LogP contribution in [0.25, 0.3) is 0 Å². The molecule has 1 aromatic rings. The minimum Gasteiger partial charge on any atom is -0.480 e. The number of methoxy groups -OCH3 is 1. The van der Waals surface area contributed by atoms with Crippen LogP contribution in [0.1, 0.15) is 20.3 Å². The normalized spacial score (nSPS) is 30.5. The first-order chi connectivity index (χ1) is 11.5. The van der Waals surface area contributed by atoms with Gasteiger partial charge in [0.2, 0.25) is 11.8 Å². The van der Waals surface area contributed by atoms with Gasteiger partial charge in [0.15, 0.2) is 5.82 Å². The Balaban J connectivity index is 1.61. The van der Waals surface area contributed by atoms with Gasteiger partial charge in [-0.25, -0.2) is 0 Å². The topological polar surface area (TPSA) is 78.8 Å². The molecule has 0 bridgehead atoms. The third-order valence-electron chi connectivity index (χ3n) is 5.19. The Hall–Kier alpha value is -1.89. The molecule has 2 fully saturated rings. The number of carbonyl (C=O) groups excluding carboxylic acids is 1. The summed E-state index contributed by atoms with van der Waals surface area (Å²) in [6, 6.07) is 3.66. The number of rotatable bonds is 3. The molecule has 24 heavy (non-hydrogen) atoms. The monoisotopic (exact) mass is 334 g/mol. The minimum absolute atomic E-state index is 0.0106. The number of anilines is 1. The molecule has 3 heterocycles. The number of piperidine rings is 1. The van der Waals surface area contributed by atoms with E-state index in [9.17, 15) is 9.90 Å². The maximum absolute atomic E-state index is 12.8. The first-order valence-electron chi connectivity index (χ1n) is 8.59. The maximum atomic E-state index is 12.8. The van der Waals surface area contributed by atoms with Gasteiger partial charge in [-0.1, -0.05) is 13.8 Å². The van der Waals surface area contributed by atoms with Crippen LogP contribution >= 0.6 is 0 Å². The van der Waals surface area contributed by atoms with Crippen molar-refractivity contribution in [1.29, 1.82) is 0 Å². The summed E-state index contributed by atoms with van der Waals surface area (Å²) in [5.74, 6) is 1.71. The Morgan fingerprint density at radius 2 is 1.92 bits per heavy atom. The lowest BCUT2D eigenvalue weighted by atomic mass is 9.87. The van der Waals surface area contributed by atoms with Crippen LogP contribution in [0.4, 0.5) is 5.82 Å². The van der Waals surface area contributed by atoms with Gasteiger partial charge in [-0.2, -0.15) is 0 Å². The van der Waals surface area contributed by atoms with E-state index in [1.807, 2.05) is 24.8 Å². The Bertz CT molecular complexity index is 568. The highest BCUT2D eigenvalue weighted by Gasteiger charge is 2.37. The maximum Gasteiger partial charge on any atom is 0.233 e. The summed E-state index contributed by atoms with van der Waals surface area (Å²) in [7, 11) is 1.56. The third-order valence-corrected chi connectivity index (χ3v) is 5.19. The zero-order chi connectivity index (χ0) is 17.3. The van der Waals surface area contributed by atoms with E-state index in [4.69, 9.17) is 4.74 Å². The van der Waals surface area contributed by atoms with E-state index in [0.29, 0.717) is 25.5 Å². The average molecular weight is 334 g/mol. The summed E-state index contributed by atoms with van der Waals surface area (Å²) >= 11 is 0. The van der Waals surface area contributed by atoms with Crippen LogP contribution in [0.15, 0.2) is 12.1 Å². The molecule has 0 aromatic carbocycles. The fraction of sp³-hybridized carbons (Fsp3) is 0.706. The lowest BCUT2D eigenvalue weighted by Gasteiger charge is -2.39. The van der Waals surface area contributed by atoms with Crippen molar-refractivity contribution in [3.8, 4) is 5.88 Å². The molecule has 2 aliphatic heterocycles. The lowest BCUT2D eigenvalue weighted by molar-refractivity contribution is -0.140. The number of aliphatic hydroxyl groups is 1. The van der Waals surface area contributed by atoms with Crippen LogP contribution in [-0.2, 0) is 4.79 Å². The van der Waals surface area contributed by atoms with Gasteiger partial charge in [-0.05, 0) is 24.3 Å². The molecule has 0 radical (unpaired) electrons. The fourth-order valence-electron chi connectivity index (χ4n) is 3.75. The van der Waals surface area contributed by atoms with Gasteiger partial charge in [0.05, 0.1) is 19.1 Å². The number of aliphatic hydroxyl groups excluding tert-OH is 1. The quantitative estimate of drug-likeness (QED) is 0.880. The summed E-state index contributed by atoms with van der Waals surface area (Å²) in [5.41, 5.74) is 0. The predicted molar refractivity (Wildman–Crippen MR) is 89.8 cm³/mol. The smallest absolute Gasteiger partial charge is 0.233 e. The van der Waals surface area contributed by atoms with Crippen molar-refractivity contribution in [3.63, 3.8) is 0 Å². The highest BCUT2D eigenvalue weighted by atomic mass is 16.5.